The van der Waals surface area contributed by atoms with E-state index < -0.39 is 0 Å². The molecule has 0 aliphatic heterocycles. The summed E-state index contributed by atoms with van der Waals surface area (Å²) in [6.07, 6.45) is 1.53. The van der Waals surface area contributed by atoms with Crippen molar-refractivity contribution in [1.29, 1.82) is 5.26 Å². The van der Waals surface area contributed by atoms with Gasteiger partial charge < -0.3 is 4.52 Å². The topological polar surface area (TPSA) is 62.7 Å². The predicted octanol–water partition coefficient (Wildman–Crippen LogP) is 2.60. The zero-order chi connectivity index (χ0) is 12.5. The number of nitrogens with zero attached hydrogens (tertiary/aromatic N) is 3. The fourth-order valence-corrected chi connectivity index (χ4v) is 2.08. The Kier molecular flexibility index (Phi) is 2.60. The molecule has 90 valence electrons. The largest absolute Gasteiger partial charge is 0.339 e. The van der Waals surface area contributed by atoms with Crippen LogP contribution in [-0.2, 0) is 6.42 Å². The lowest BCUT2D eigenvalue weighted by molar-refractivity contribution is 0.373. The molecule has 2 unspecified atom stereocenters. The number of hydrogen-bond donors (Lipinski definition) is 0. The Morgan fingerprint density at radius 3 is 3.00 bits per heavy atom. The number of nitriles is 1. The number of hydrogen-bond acceptors (Lipinski definition) is 4. The van der Waals surface area contributed by atoms with E-state index in [2.05, 4.69) is 35.3 Å². The average Bonchev–Trinajstić information content (AvgIpc) is 3.04. The van der Waals surface area contributed by atoms with Crippen molar-refractivity contribution in [2.24, 2.45) is 5.92 Å². The third-order valence-corrected chi connectivity index (χ3v) is 3.37. The molecule has 0 spiro atoms. The molecule has 3 rings (SSSR count). The van der Waals surface area contributed by atoms with Crippen molar-refractivity contribution in [2.45, 2.75) is 25.7 Å². The van der Waals surface area contributed by atoms with E-state index in [1.807, 2.05) is 12.1 Å². The molecule has 1 aromatic carbocycles. The summed E-state index contributed by atoms with van der Waals surface area (Å²) in [6, 6.07) is 10.4. The van der Waals surface area contributed by atoms with Crippen molar-refractivity contribution in [3.8, 4) is 6.07 Å². The van der Waals surface area contributed by atoms with E-state index in [1.54, 1.807) is 0 Å². The highest BCUT2D eigenvalue weighted by molar-refractivity contribution is 5.28. The van der Waals surface area contributed by atoms with Gasteiger partial charge in [-0.25, -0.2) is 0 Å². The summed E-state index contributed by atoms with van der Waals surface area (Å²) >= 11 is 0. The molecule has 2 aromatic rings. The van der Waals surface area contributed by atoms with Crippen LogP contribution in [0.5, 0.6) is 0 Å². The summed E-state index contributed by atoms with van der Waals surface area (Å²) in [7, 11) is 0. The minimum Gasteiger partial charge on any atom is -0.339 e. The van der Waals surface area contributed by atoms with Gasteiger partial charge in [0.1, 0.15) is 0 Å². The second kappa shape index (κ2) is 4.26. The van der Waals surface area contributed by atoms with E-state index >= 15 is 0 Å². The number of aromatic nitrogens is 2. The van der Waals surface area contributed by atoms with E-state index in [-0.39, 0.29) is 11.8 Å². The van der Waals surface area contributed by atoms with E-state index in [0.717, 1.165) is 6.42 Å². The first-order valence-electron chi connectivity index (χ1n) is 6.04. The van der Waals surface area contributed by atoms with Crippen LogP contribution in [0.2, 0.25) is 0 Å². The van der Waals surface area contributed by atoms with Crippen molar-refractivity contribution in [3.05, 3.63) is 47.1 Å². The summed E-state index contributed by atoms with van der Waals surface area (Å²) in [5.41, 5.74) is 2.43. The zero-order valence-electron chi connectivity index (χ0n) is 10.1. The standard InChI is InChI=1S/C14H13N3O/c1-9-4-2-3-5-10(9)7-13-16-14(18-17-13)12-6-11(12)8-15/h2-5,11-12H,6-7H2,1H3. The molecule has 4 heteroatoms. The Bertz CT molecular complexity index is 611. The Morgan fingerprint density at radius 1 is 1.44 bits per heavy atom. The second-order valence-corrected chi connectivity index (χ2v) is 4.73. The van der Waals surface area contributed by atoms with Gasteiger partial charge in [-0.05, 0) is 24.5 Å². The smallest absolute Gasteiger partial charge is 0.231 e. The van der Waals surface area contributed by atoms with Crippen molar-refractivity contribution < 1.29 is 4.52 Å². The maximum absolute atomic E-state index is 8.78. The van der Waals surface area contributed by atoms with Gasteiger partial charge in [0.05, 0.1) is 17.9 Å². The summed E-state index contributed by atoms with van der Waals surface area (Å²) in [5, 5.41) is 12.8. The molecule has 1 saturated carbocycles. The van der Waals surface area contributed by atoms with E-state index in [4.69, 9.17) is 9.78 Å². The van der Waals surface area contributed by atoms with Crippen molar-refractivity contribution in [3.63, 3.8) is 0 Å². The Balaban J connectivity index is 1.75. The van der Waals surface area contributed by atoms with E-state index in [9.17, 15) is 0 Å². The van der Waals surface area contributed by atoms with Crippen molar-refractivity contribution in [1.82, 2.24) is 10.1 Å². The van der Waals surface area contributed by atoms with Gasteiger partial charge in [0, 0.05) is 6.42 Å². The van der Waals surface area contributed by atoms with Gasteiger partial charge in [0.2, 0.25) is 5.89 Å². The highest BCUT2D eigenvalue weighted by Gasteiger charge is 2.43. The van der Waals surface area contributed by atoms with Gasteiger partial charge >= 0.3 is 0 Å². The SMILES string of the molecule is Cc1ccccc1Cc1noc(C2CC2C#N)n1. The molecule has 4 nitrogen and oxygen atoms in total. The van der Waals surface area contributed by atoms with Gasteiger partial charge in [-0.2, -0.15) is 10.2 Å². The first kappa shape index (κ1) is 11.0. The molecule has 1 aliphatic carbocycles. The number of rotatable bonds is 3. The second-order valence-electron chi connectivity index (χ2n) is 4.73. The molecule has 1 aromatic heterocycles. The quantitative estimate of drug-likeness (QED) is 0.825. The predicted molar refractivity (Wildman–Crippen MR) is 64.7 cm³/mol. The van der Waals surface area contributed by atoms with Crippen LogP contribution < -0.4 is 0 Å². The molecule has 0 radical (unpaired) electrons. The Morgan fingerprint density at radius 2 is 2.28 bits per heavy atom. The van der Waals surface area contributed by atoms with Crippen LogP contribution in [0.3, 0.4) is 0 Å². The maximum Gasteiger partial charge on any atom is 0.231 e. The minimum atomic E-state index is 0.0664. The van der Waals surface area contributed by atoms with Crippen LogP contribution in [0, 0.1) is 24.2 Å². The van der Waals surface area contributed by atoms with Crippen LogP contribution in [-0.4, -0.2) is 10.1 Å². The average molecular weight is 239 g/mol. The van der Waals surface area contributed by atoms with Gasteiger partial charge in [-0.1, -0.05) is 29.4 Å². The normalized spacial score (nSPS) is 21.6. The summed E-state index contributed by atoms with van der Waals surface area (Å²) in [6.45, 7) is 2.07. The molecule has 1 fully saturated rings. The number of benzene rings is 1. The molecule has 0 saturated heterocycles. The van der Waals surface area contributed by atoms with Crippen molar-refractivity contribution in [2.75, 3.05) is 0 Å². The summed E-state index contributed by atoms with van der Waals surface area (Å²) in [4.78, 5) is 4.38. The lowest BCUT2D eigenvalue weighted by Crippen LogP contribution is -1.94. The lowest BCUT2D eigenvalue weighted by atomic mass is 10.1. The molecule has 1 heterocycles. The van der Waals surface area contributed by atoms with E-state index in [1.165, 1.54) is 11.1 Å². The highest BCUT2D eigenvalue weighted by atomic mass is 16.5. The molecule has 18 heavy (non-hydrogen) atoms. The molecule has 2 atom stereocenters. The molecule has 0 N–H and O–H groups in total. The third-order valence-electron chi connectivity index (χ3n) is 3.37. The van der Waals surface area contributed by atoms with Gasteiger partial charge in [0.25, 0.3) is 0 Å². The first-order chi connectivity index (χ1) is 8.78. The molecule has 0 bridgehead atoms. The monoisotopic (exact) mass is 239 g/mol. The van der Waals surface area contributed by atoms with Crippen LogP contribution in [0.1, 0.15) is 35.2 Å². The van der Waals surface area contributed by atoms with Crippen LogP contribution in [0.25, 0.3) is 0 Å². The van der Waals surface area contributed by atoms with E-state index in [0.29, 0.717) is 18.1 Å². The maximum atomic E-state index is 8.78. The third kappa shape index (κ3) is 2.00. The van der Waals surface area contributed by atoms with Gasteiger partial charge in [-0.15, -0.1) is 0 Å². The van der Waals surface area contributed by atoms with Crippen LogP contribution in [0.4, 0.5) is 0 Å². The fourth-order valence-electron chi connectivity index (χ4n) is 2.08. The van der Waals surface area contributed by atoms with Crippen molar-refractivity contribution >= 4 is 0 Å². The van der Waals surface area contributed by atoms with Gasteiger partial charge in [-0.3, -0.25) is 0 Å². The summed E-state index contributed by atoms with van der Waals surface area (Å²) < 4.78 is 5.22. The Hall–Kier alpha value is -2.15. The van der Waals surface area contributed by atoms with Gasteiger partial charge in [0.15, 0.2) is 5.82 Å². The number of aryl methyl sites for hydroxylation is 1. The molecule has 0 amide bonds. The van der Waals surface area contributed by atoms with Crippen LogP contribution >= 0.6 is 0 Å². The first-order valence-corrected chi connectivity index (χ1v) is 6.04. The molecular weight excluding hydrogens is 226 g/mol. The fraction of sp³-hybridized carbons (Fsp3) is 0.357. The molecular formula is C14H13N3O. The zero-order valence-corrected chi connectivity index (χ0v) is 10.1. The summed E-state index contributed by atoms with van der Waals surface area (Å²) in [5.74, 6) is 1.54. The minimum absolute atomic E-state index is 0.0664. The van der Waals surface area contributed by atoms with Crippen LogP contribution in [0.15, 0.2) is 28.8 Å². The Labute approximate surface area is 105 Å². The lowest BCUT2D eigenvalue weighted by Gasteiger charge is -2.00. The highest BCUT2D eigenvalue weighted by Crippen LogP contribution is 2.46. The molecule has 1 aliphatic rings.